The van der Waals surface area contributed by atoms with Crippen LogP contribution >= 0.6 is 23.2 Å². The second kappa shape index (κ2) is 4.92. The Morgan fingerprint density at radius 3 is 2.69 bits per heavy atom. The first kappa shape index (κ1) is 12.2. The molecular formula is C12H15Cl2NO. The Hall–Kier alpha value is -0.280. The molecule has 1 heterocycles. The summed E-state index contributed by atoms with van der Waals surface area (Å²) >= 11 is 11.9. The number of aliphatic hydroxyl groups is 1. The predicted octanol–water partition coefficient (Wildman–Crippen LogP) is 2.68. The van der Waals surface area contributed by atoms with Crippen molar-refractivity contribution < 1.29 is 5.11 Å². The van der Waals surface area contributed by atoms with Crippen LogP contribution in [0.4, 0.5) is 0 Å². The summed E-state index contributed by atoms with van der Waals surface area (Å²) in [4.78, 5) is 0. The molecule has 0 saturated carbocycles. The van der Waals surface area contributed by atoms with Crippen LogP contribution in [0, 0.1) is 5.92 Å². The van der Waals surface area contributed by atoms with Crippen molar-refractivity contribution in [1.29, 1.82) is 0 Å². The van der Waals surface area contributed by atoms with Crippen molar-refractivity contribution in [2.45, 2.75) is 18.9 Å². The Bertz CT molecular complexity index is 381. The summed E-state index contributed by atoms with van der Waals surface area (Å²) in [7, 11) is 0. The summed E-state index contributed by atoms with van der Waals surface area (Å²) < 4.78 is 0. The summed E-state index contributed by atoms with van der Waals surface area (Å²) in [5, 5.41) is 14.2. The van der Waals surface area contributed by atoms with Gasteiger partial charge in [-0.3, -0.25) is 0 Å². The lowest BCUT2D eigenvalue weighted by molar-refractivity contribution is 0.127. The van der Waals surface area contributed by atoms with Crippen LogP contribution in [-0.4, -0.2) is 24.3 Å². The van der Waals surface area contributed by atoms with E-state index in [9.17, 15) is 5.11 Å². The average molecular weight is 260 g/mol. The summed E-state index contributed by atoms with van der Waals surface area (Å²) in [5.41, 5.74) is 1.14. The van der Waals surface area contributed by atoms with Gasteiger partial charge in [0.2, 0.25) is 0 Å². The minimum absolute atomic E-state index is 0.247. The van der Waals surface area contributed by atoms with Crippen molar-refractivity contribution in [3.8, 4) is 0 Å². The fourth-order valence-electron chi connectivity index (χ4n) is 2.31. The standard InChI is InChI=1S/C12H15Cl2NO/c1-7(16)9-5-15-6-10(9)8-2-3-11(13)12(14)4-8/h2-4,7,9-10,15-16H,5-6H2,1H3/t7-,9-,10+/m0/s1. The van der Waals surface area contributed by atoms with Crippen LogP contribution in [-0.2, 0) is 0 Å². The van der Waals surface area contributed by atoms with Gasteiger partial charge in [0, 0.05) is 24.9 Å². The lowest BCUT2D eigenvalue weighted by Crippen LogP contribution is -2.23. The minimum atomic E-state index is -0.311. The van der Waals surface area contributed by atoms with Crippen LogP contribution in [0.2, 0.25) is 10.0 Å². The monoisotopic (exact) mass is 259 g/mol. The number of hydrogen-bond acceptors (Lipinski definition) is 2. The minimum Gasteiger partial charge on any atom is -0.393 e. The second-order valence-electron chi connectivity index (χ2n) is 4.34. The zero-order valence-corrected chi connectivity index (χ0v) is 10.6. The molecule has 1 aliphatic heterocycles. The van der Waals surface area contributed by atoms with E-state index < -0.39 is 0 Å². The Morgan fingerprint density at radius 2 is 2.06 bits per heavy atom. The van der Waals surface area contributed by atoms with Gasteiger partial charge in [-0.1, -0.05) is 29.3 Å². The molecule has 3 atom stereocenters. The van der Waals surface area contributed by atoms with Gasteiger partial charge in [-0.2, -0.15) is 0 Å². The normalized spacial score (nSPS) is 27.0. The first-order chi connectivity index (χ1) is 7.59. The van der Waals surface area contributed by atoms with E-state index in [1.807, 2.05) is 25.1 Å². The maximum Gasteiger partial charge on any atom is 0.0595 e. The quantitative estimate of drug-likeness (QED) is 0.856. The largest absolute Gasteiger partial charge is 0.393 e. The molecule has 2 rings (SSSR count). The van der Waals surface area contributed by atoms with Gasteiger partial charge < -0.3 is 10.4 Å². The molecule has 1 aliphatic rings. The van der Waals surface area contributed by atoms with Crippen LogP contribution < -0.4 is 5.32 Å². The molecule has 1 saturated heterocycles. The molecule has 16 heavy (non-hydrogen) atoms. The first-order valence-corrected chi connectivity index (χ1v) is 6.19. The van der Waals surface area contributed by atoms with Crippen molar-refractivity contribution in [2.24, 2.45) is 5.92 Å². The molecule has 2 nitrogen and oxygen atoms in total. The van der Waals surface area contributed by atoms with Gasteiger partial charge in [-0.05, 0) is 24.6 Å². The highest BCUT2D eigenvalue weighted by atomic mass is 35.5. The number of aliphatic hydroxyl groups excluding tert-OH is 1. The van der Waals surface area contributed by atoms with Crippen LogP contribution in [0.15, 0.2) is 18.2 Å². The van der Waals surface area contributed by atoms with E-state index in [4.69, 9.17) is 23.2 Å². The highest BCUT2D eigenvalue weighted by Gasteiger charge is 2.31. The van der Waals surface area contributed by atoms with Crippen LogP contribution in [0.3, 0.4) is 0 Å². The van der Waals surface area contributed by atoms with Crippen molar-refractivity contribution >= 4 is 23.2 Å². The van der Waals surface area contributed by atoms with Gasteiger partial charge >= 0.3 is 0 Å². The topological polar surface area (TPSA) is 32.3 Å². The molecule has 2 N–H and O–H groups in total. The number of halogens is 2. The zero-order chi connectivity index (χ0) is 11.7. The fraction of sp³-hybridized carbons (Fsp3) is 0.500. The van der Waals surface area contributed by atoms with E-state index >= 15 is 0 Å². The third-order valence-corrected chi connectivity index (χ3v) is 3.99. The molecule has 4 heteroatoms. The lowest BCUT2D eigenvalue weighted by Gasteiger charge is -2.21. The molecule has 0 spiro atoms. The third kappa shape index (κ3) is 2.35. The lowest BCUT2D eigenvalue weighted by atomic mass is 9.86. The van der Waals surface area contributed by atoms with E-state index in [0.29, 0.717) is 16.0 Å². The summed E-state index contributed by atoms with van der Waals surface area (Å²) in [6.07, 6.45) is -0.311. The fourth-order valence-corrected chi connectivity index (χ4v) is 2.62. The number of rotatable bonds is 2. The SMILES string of the molecule is C[C@H](O)[C@@H]1CNC[C@@H]1c1ccc(Cl)c(Cl)c1. The van der Waals surface area contributed by atoms with Crippen LogP contribution in [0.25, 0.3) is 0 Å². The Kier molecular flexibility index (Phi) is 3.75. The smallest absolute Gasteiger partial charge is 0.0595 e. The Labute approximate surface area is 106 Å². The molecule has 88 valence electrons. The van der Waals surface area contributed by atoms with E-state index in [0.717, 1.165) is 18.7 Å². The maximum absolute atomic E-state index is 9.71. The highest BCUT2D eigenvalue weighted by Crippen LogP contribution is 2.33. The molecular weight excluding hydrogens is 245 g/mol. The van der Waals surface area contributed by atoms with Crippen molar-refractivity contribution in [3.63, 3.8) is 0 Å². The van der Waals surface area contributed by atoms with Crippen molar-refractivity contribution in [2.75, 3.05) is 13.1 Å². The number of nitrogens with one attached hydrogen (secondary N) is 1. The van der Waals surface area contributed by atoms with Gasteiger partial charge in [-0.15, -0.1) is 0 Å². The maximum atomic E-state index is 9.71. The van der Waals surface area contributed by atoms with Gasteiger partial charge in [0.25, 0.3) is 0 Å². The van der Waals surface area contributed by atoms with Gasteiger partial charge in [0.05, 0.1) is 16.1 Å². The second-order valence-corrected chi connectivity index (χ2v) is 5.16. The molecule has 0 unspecified atom stereocenters. The summed E-state index contributed by atoms with van der Waals surface area (Å²) in [6.45, 7) is 3.57. The molecule has 1 aromatic rings. The molecule has 0 radical (unpaired) electrons. The van der Waals surface area contributed by atoms with Crippen molar-refractivity contribution in [1.82, 2.24) is 5.32 Å². The van der Waals surface area contributed by atoms with E-state index in [1.165, 1.54) is 0 Å². The molecule has 0 aromatic heterocycles. The van der Waals surface area contributed by atoms with Crippen LogP contribution in [0.1, 0.15) is 18.4 Å². The van der Waals surface area contributed by atoms with Gasteiger partial charge in [0.15, 0.2) is 0 Å². The molecule has 1 fully saturated rings. The summed E-state index contributed by atoms with van der Waals surface area (Å²) in [5.74, 6) is 0.562. The highest BCUT2D eigenvalue weighted by molar-refractivity contribution is 6.42. The van der Waals surface area contributed by atoms with E-state index in [-0.39, 0.29) is 12.0 Å². The predicted molar refractivity (Wildman–Crippen MR) is 67.2 cm³/mol. The molecule has 0 bridgehead atoms. The van der Waals surface area contributed by atoms with E-state index in [2.05, 4.69) is 5.32 Å². The van der Waals surface area contributed by atoms with E-state index in [1.54, 1.807) is 0 Å². The molecule has 0 aliphatic carbocycles. The first-order valence-electron chi connectivity index (χ1n) is 5.43. The molecule has 0 amide bonds. The van der Waals surface area contributed by atoms with Gasteiger partial charge in [0.1, 0.15) is 0 Å². The zero-order valence-electron chi connectivity index (χ0n) is 9.08. The summed E-state index contributed by atoms with van der Waals surface area (Å²) in [6, 6.07) is 5.70. The Morgan fingerprint density at radius 1 is 1.31 bits per heavy atom. The number of hydrogen-bond donors (Lipinski definition) is 2. The van der Waals surface area contributed by atoms with Crippen LogP contribution in [0.5, 0.6) is 0 Å². The van der Waals surface area contributed by atoms with Gasteiger partial charge in [-0.25, -0.2) is 0 Å². The Balaban J connectivity index is 2.26. The third-order valence-electron chi connectivity index (χ3n) is 3.25. The van der Waals surface area contributed by atoms with Crippen molar-refractivity contribution in [3.05, 3.63) is 33.8 Å². The average Bonchev–Trinajstić information content (AvgIpc) is 2.71. The molecule has 1 aromatic carbocycles. The number of benzene rings is 1.